The third-order valence-electron chi connectivity index (χ3n) is 4.49. The van der Waals surface area contributed by atoms with Crippen LogP contribution in [0.2, 0.25) is 0 Å². The van der Waals surface area contributed by atoms with Gasteiger partial charge in [-0.25, -0.2) is 0 Å². The smallest absolute Gasteiger partial charge is 0.251 e. The van der Waals surface area contributed by atoms with Gasteiger partial charge in [0.1, 0.15) is 0 Å². The monoisotopic (exact) mass is 274 g/mol. The molecule has 1 aromatic carbocycles. The Morgan fingerprint density at radius 1 is 1.30 bits per heavy atom. The molecule has 1 aliphatic carbocycles. The van der Waals surface area contributed by atoms with E-state index in [1.54, 1.807) is 6.07 Å². The highest BCUT2D eigenvalue weighted by molar-refractivity contribution is 5.96. The number of aryl methyl sites for hydroxylation is 1. The number of hydrogen-bond donors (Lipinski definition) is 2. The van der Waals surface area contributed by atoms with Crippen molar-refractivity contribution in [1.29, 1.82) is 0 Å². The van der Waals surface area contributed by atoms with E-state index in [0.29, 0.717) is 23.6 Å². The average molecular weight is 274 g/mol. The molecule has 1 aromatic rings. The Balaban J connectivity index is 2.09. The fraction of sp³-hybridized carbons (Fsp3) is 0.588. The van der Waals surface area contributed by atoms with E-state index in [1.165, 1.54) is 19.3 Å². The second-order valence-corrected chi connectivity index (χ2v) is 6.35. The van der Waals surface area contributed by atoms with Gasteiger partial charge in [-0.1, -0.05) is 26.7 Å². The van der Waals surface area contributed by atoms with Gasteiger partial charge in [0.25, 0.3) is 5.91 Å². The predicted octanol–water partition coefficient (Wildman–Crippen LogP) is 3.52. The second kappa shape index (κ2) is 6.29. The molecule has 1 amide bonds. The maximum absolute atomic E-state index is 12.5. The van der Waals surface area contributed by atoms with E-state index in [-0.39, 0.29) is 5.91 Å². The lowest BCUT2D eigenvalue weighted by Gasteiger charge is -2.35. The highest BCUT2D eigenvalue weighted by Crippen LogP contribution is 2.30. The van der Waals surface area contributed by atoms with Gasteiger partial charge < -0.3 is 11.1 Å². The molecule has 2 unspecified atom stereocenters. The molecule has 0 heterocycles. The minimum Gasteiger partial charge on any atom is -0.399 e. The van der Waals surface area contributed by atoms with E-state index in [9.17, 15) is 4.79 Å². The van der Waals surface area contributed by atoms with Crippen LogP contribution in [-0.4, -0.2) is 11.9 Å². The highest BCUT2D eigenvalue weighted by atomic mass is 16.1. The summed E-state index contributed by atoms with van der Waals surface area (Å²) in [5.41, 5.74) is 8.13. The Kier molecular flexibility index (Phi) is 4.69. The lowest BCUT2D eigenvalue weighted by molar-refractivity contribution is 0.0888. The first kappa shape index (κ1) is 14.9. The van der Waals surface area contributed by atoms with Crippen molar-refractivity contribution >= 4 is 11.6 Å². The Labute approximate surface area is 121 Å². The number of carbonyl (C=O) groups is 1. The zero-order chi connectivity index (χ0) is 14.7. The standard InChI is InChI=1S/C17H26N2O/c1-11(2)14-6-4-5-7-16(14)19-17(20)15-9-8-13(18)10-12(15)3/h8-11,14,16H,4-7,18H2,1-3H3,(H,19,20). The van der Waals surface area contributed by atoms with Crippen molar-refractivity contribution in [2.75, 3.05) is 5.73 Å². The molecule has 3 heteroatoms. The fourth-order valence-electron chi connectivity index (χ4n) is 3.32. The van der Waals surface area contributed by atoms with Crippen LogP contribution in [0.25, 0.3) is 0 Å². The van der Waals surface area contributed by atoms with Gasteiger partial charge in [-0.15, -0.1) is 0 Å². The molecule has 110 valence electrons. The van der Waals surface area contributed by atoms with Crippen LogP contribution in [0.3, 0.4) is 0 Å². The molecule has 2 rings (SSSR count). The molecule has 0 saturated heterocycles. The molecule has 3 N–H and O–H groups in total. The van der Waals surface area contributed by atoms with E-state index >= 15 is 0 Å². The molecule has 2 atom stereocenters. The summed E-state index contributed by atoms with van der Waals surface area (Å²) in [4.78, 5) is 12.5. The fourth-order valence-corrected chi connectivity index (χ4v) is 3.32. The molecule has 0 spiro atoms. The topological polar surface area (TPSA) is 55.1 Å². The number of rotatable bonds is 3. The Morgan fingerprint density at radius 3 is 2.65 bits per heavy atom. The summed E-state index contributed by atoms with van der Waals surface area (Å²) in [7, 11) is 0. The summed E-state index contributed by atoms with van der Waals surface area (Å²) in [5.74, 6) is 1.26. The summed E-state index contributed by atoms with van der Waals surface area (Å²) < 4.78 is 0. The molecule has 1 aliphatic rings. The average Bonchev–Trinajstić information content (AvgIpc) is 2.38. The number of nitrogens with one attached hydrogen (secondary N) is 1. The number of carbonyl (C=O) groups excluding carboxylic acids is 1. The first-order valence-corrected chi connectivity index (χ1v) is 7.66. The molecule has 0 aromatic heterocycles. The number of nitrogens with two attached hydrogens (primary N) is 1. The molecule has 1 saturated carbocycles. The van der Waals surface area contributed by atoms with Crippen molar-refractivity contribution in [3.8, 4) is 0 Å². The molecule has 0 aliphatic heterocycles. The number of benzene rings is 1. The van der Waals surface area contributed by atoms with Gasteiger partial charge in [0.15, 0.2) is 0 Å². The number of hydrogen-bond acceptors (Lipinski definition) is 2. The zero-order valence-corrected chi connectivity index (χ0v) is 12.8. The normalized spacial score (nSPS) is 22.8. The molecule has 1 fully saturated rings. The second-order valence-electron chi connectivity index (χ2n) is 6.35. The largest absolute Gasteiger partial charge is 0.399 e. The van der Waals surface area contributed by atoms with Crippen LogP contribution in [-0.2, 0) is 0 Å². The van der Waals surface area contributed by atoms with Crippen LogP contribution < -0.4 is 11.1 Å². The first-order chi connectivity index (χ1) is 9.49. The van der Waals surface area contributed by atoms with Crippen molar-refractivity contribution < 1.29 is 4.79 Å². The number of nitrogen functional groups attached to an aromatic ring is 1. The van der Waals surface area contributed by atoms with Crippen molar-refractivity contribution in [3.05, 3.63) is 29.3 Å². The molecular weight excluding hydrogens is 248 g/mol. The molecule has 0 bridgehead atoms. The van der Waals surface area contributed by atoms with Crippen LogP contribution in [0, 0.1) is 18.8 Å². The Morgan fingerprint density at radius 2 is 2.00 bits per heavy atom. The van der Waals surface area contributed by atoms with E-state index in [2.05, 4.69) is 19.2 Å². The SMILES string of the molecule is Cc1cc(N)ccc1C(=O)NC1CCCCC1C(C)C. The first-order valence-electron chi connectivity index (χ1n) is 7.66. The van der Waals surface area contributed by atoms with Gasteiger partial charge in [0, 0.05) is 17.3 Å². The van der Waals surface area contributed by atoms with Gasteiger partial charge in [0.05, 0.1) is 0 Å². The van der Waals surface area contributed by atoms with E-state index in [0.717, 1.165) is 17.5 Å². The van der Waals surface area contributed by atoms with Gasteiger partial charge in [-0.05, 0) is 55.4 Å². The lowest BCUT2D eigenvalue weighted by Crippen LogP contribution is -2.44. The van der Waals surface area contributed by atoms with E-state index in [4.69, 9.17) is 5.73 Å². The van der Waals surface area contributed by atoms with Crippen LogP contribution in [0.4, 0.5) is 5.69 Å². The molecular formula is C17H26N2O. The van der Waals surface area contributed by atoms with Crippen molar-refractivity contribution in [2.24, 2.45) is 11.8 Å². The summed E-state index contributed by atoms with van der Waals surface area (Å²) >= 11 is 0. The molecule has 20 heavy (non-hydrogen) atoms. The maximum Gasteiger partial charge on any atom is 0.251 e. The van der Waals surface area contributed by atoms with Crippen molar-refractivity contribution in [2.45, 2.75) is 52.5 Å². The number of anilines is 1. The quantitative estimate of drug-likeness (QED) is 0.829. The van der Waals surface area contributed by atoms with Crippen LogP contribution in [0.1, 0.15) is 55.5 Å². The minimum absolute atomic E-state index is 0.0417. The van der Waals surface area contributed by atoms with Gasteiger partial charge in [0.2, 0.25) is 0 Å². The van der Waals surface area contributed by atoms with Gasteiger partial charge in [-0.3, -0.25) is 4.79 Å². The van der Waals surface area contributed by atoms with Gasteiger partial charge >= 0.3 is 0 Å². The third-order valence-corrected chi connectivity index (χ3v) is 4.49. The Hall–Kier alpha value is -1.51. The summed E-state index contributed by atoms with van der Waals surface area (Å²) in [6.45, 7) is 6.44. The molecule has 3 nitrogen and oxygen atoms in total. The van der Waals surface area contributed by atoms with Crippen LogP contribution in [0.15, 0.2) is 18.2 Å². The minimum atomic E-state index is 0.0417. The predicted molar refractivity (Wildman–Crippen MR) is 83.6 cm³/mol. The highest BCUT2D eigenvalue weighted by Gasteiger charge is 2.29. The number of amides is 1. The van der Waals surface area contributed by atoms with Crippen LogP contribution in [0.5, 0.6) is 0 Å². The summed E-state index contributed by atoms with van der Waals surface area (Å²) in [5, 5.41) is 3.25. The lowest BCUT2D eigenvalue weighted by atomic mass is 9.77. The molecule has 0 radical (unpaired) electrons. The Bertz CT molecular complexity index is 482. The van der Waals surface area contributed by atoms with E-state index < -0.39 is 0 Å². The third kappa shape index (κ3) is 3.33. The van der Waals surface area contributed by atoms with E-state index in [1.807, 2.05) is 19.1 Å². The van der Waals surface area contributed by atoms with Crippen molar-refractivity contribution in [1.82, 2.24) is 5.32 Å². The maximum atomic E-state index is 12.5. The zero-order valence-electron chi connectivity index (χ0n) is 12.8. The van der Waals surface area contributed by atoms with Gasteiger partial charge in [-0.2, -0.15) is 0 Å². The van der Waals surface area contributed by atoms with Crippen molar-refractivity contribution in [3.63, 3.8) is 0 Å². The van der Waals surface area contributed by atoms with Crippen LogP contribution >= 0.6 is 0 Å². The summed E-state index contributed by atoms with van der Waals surface area (Å²) in [6, 6.07) is 5.79. The summed E-state index contributed by atoms with van der Waals surface area (Å²) in [6.07, 6.45) is 4.83.